The second-order valence-electron chi connectivity index (χ2n) is 20.0. The fourth-order valence-electron chi connectivity index (χ4n) is 8.92. The molecule has 0 heterocycles. The smallest absolute Gasteiger partial charge is 0.249 e. The molecule has 0 aromatic carbocycles. The fraction of sp³-hybridized carbons (Fsp3) is 0.850. The van der Waals surface area contributed by atoms with Crippen LogP contribution in [0.25, 0.3) is 0 Å². The van der Waals surface area contributed by atoms with E-state index in [0.717, 1.165) is 44.9 Å². The van der Waals surface area contributed by atoms with Crippen molar-refractivity contribution in [2.45, 2.75) is 321 Å². The summed E-state index contributed by atoms with van der Waals surface area (Å²) in [6.45, 7) is 4.06. The summed E-state index contributed by atoms with van der Waals surface area (Å²) in [5.74, 6) is -0.596. The molecule has 0 rings (SSSR count). The van der Waals surface area contributed by atoms with Crippen LogP contribution >= 0.6 is 0 Å². The van der Waals surface area contributed by atoms with Gasteiger partial charge in [0.05, 0.1) is 18.8 Å². The van der Waals surface area contributed by atoms with Gasteiger partial charge in [-0.15, -0.1) is 0 Å². The molecule has 1 amide bonds. The molecule has 0 bridgehead atoms. The number of rotatable bonds is 53. The number of aliphatic hydroxyl groups is 4. The lowest BCUT2D eigenvalue weighted by Crippen LogP contribution is -2.53. The van der Waals surface area contributed by atoms with Crippen molar-refractivity contribution in [3.05, 3.63) is 48.6 Å². The third kappa shape index (κ3) is 47.3. The van der Waals surface area contributed by atoms with Crippen molar-refractivity contribution in [2.75, 3.05) is 6.61 Å². The molecule has 66 heavy (non-hydrogen) atoms. The van der Waals surface area contributed by atoms with Crippen LogP contribution in [-0.4, -0.2) is 57.3 Å². The second-order valence-corrected chi connectivity index (χ2v) is 20.0. The average Bonchev–Trinajstić information content (AvgIpc) is 3.32. The number of allylic oxidation sites excluding steroid dienone is 8. The van der Waals surface area contributed by atoms with Crippen molar-refractivity contribution in [1.29, 1.82) is 0 Å². The molecule has 4 atom stereocenters. The van der Waals surface area contributed by atoms with E-state index < -0.39 is 36.9 Å². The number of hydrogen-bond acceptors (Lipinski definition) is 5. The van der Waals surface area contributed by atoms with Gasteiger partial charge in [0.1, 0.15) is 12.2 Å². The first kappa shape index (κ1) is 64.3. The summed E-state index contributed by atoms with van der Waals surface area (Å²) >= 11 is 0. The summed E-state index contributed by atoms with van der Waals surface area (Å²) < 4.78 is 0. The Balaban J connectivity index is 3.66. The molecule has 0 saturated carbocycles. The lowest BCUT2D eigenvalue weighted by atomic mass is 10.00. The molecule has 0 aliphatic rings. The normalized spacial score (nSPS) is 14.1. The Morgan fingerprint density at radius 2 is 0.682 bits per heavy atom. The number of carbonyl (C=O) groups is 1. The molecule has 6 heteroatoms. The minimum absolute atomic E-state index is 0.359. The lowest BCUT2D eigenvalue weighted by Gasteiger charge is -2.27. The maximum atomic E-state index is 12.6. The Kier molecular flexibility index (Phi) is 52.8. The van der Waals surface area contributed by atoms with E-state index in [1.54, 1.807) is 0 Å². The molecule has 0 spiro atoms. The summed E-state index contributed by atoms with van der Waals surface area (Å²) in [5.41, 5.74) is 0. The summed E-state index contributed by atoms with van der Waals surface area (Å²) in [6, 6.07) is -1.01. The molecular weight excluding hydrogens is 815 g/mol. The van der Waals surface area contributed by atoms with Crippen LogP contribution in [0.5, 0.6) is 0 Å². The number of aliphatic hydroxyl groups excluding tert-OH is 4. The lowest BCUT2D eigenvalue weighted by molar-refractivity contribution is -0.132. The van der Waals surface area contributed by atoms with Crippen LogP contribution in [-0.2, 0) is 4.79 Å². The number of amides is 1. The van der Waals surface area contributed by atoms with Crippen LogP contribution < -0.4 is 5.32 Å². The summed E-state index contributed by atoms with van der Waals surface area (Å²) in [5, 5.41) is 44.0. The van der Waals surface area contributed by atoms with Gasteiger partial charge in [-0.2, -0.15) is 0 Å². The van der Waals surface area contributed by atoms with E-state index in [0.29, 0.717) is 19.3 Å². The predicted octanol–water partition coefficient (Wildman–Crippen LogP) is 17.0. The summed E-state index contributed by atoms with van der Waals surface area (Å²) in [4.78, 5) is 12.6. The number of unbranched alkanes of at least 4 members (excludes halogenated alkanes) is 36. The second kappa shape index (κ2) is 54.2. The van der Waals surface area contributed by atoms with E-state index in [9.17, 15) is 25.2 Å². The molecule has 0 radical (unpaired) electrons. The highest BCUT2D eigenvalue weighted by molar-refractivity contribution is 5.80. The first-order valence-corrected chi connectivity index (χ1v) is 29.0. The first-order valence-electron chi connectivity index (χ1n) is 29.0. The number of carbonyl (C=O) groups excluding carboxylic acids is 1. The molecule has 388 valence electrons. The quantitative estimate of drug-likeness (QED) is 0.0308. The van der Waals surface area contributed by atoms with Crippen molar-refractivity contribution in [2.24, 2.45) is 0 Å². The highest BCUT2D eigenvalue weighted by atomic mass is 16.3. The van der Waals surface area contributed by atoms with Gasteiger partial charge in [0.25, 0.3) is 0 Å². The maximum absolute atomic E-state index is 12.6. The standard InChI is InChI=1S/C60H113NO5/c1-3-5-7-9-11-13-15-17-19-21-23-25-26-27-28-29-30-31-32-33-34-36-38-40-42-44-46-48-50-52-54-58(64)60(66)61-56(55-62)59(65)57(63)53-51-49-47-45-43-41-39-37-35-24-22-20-18-16-14-12-10-8-6-4-2/h23,25,27-28,37,39,45,47,56-59,62-65H,3-22,24,26,29-36,38,40-44,46,48-55H2,1-2H3,(H,61,66)/b25-23-,28-27-,39-37+,47-45+. The van der Waals surface area contributed by atoms with Gasteiger partial charge in [-0.25, -0.2) is 0 Å². The van der Waals surface area contributed by atoms with E-state index >= 15 is 0 Å². The molecule has 0 aliphatic carbocycles. The molecule has 0 aliphatic heterocycles. The minimum atomic E-state index is -1.29. The largest absolute Gasteiger partial charge is 0.394 e. The zero-order valence-electron chi connectivity index (χ0n) is 43.9. The molecule has 4 unspecified atom stereocenters. The van der Waals surface area contributed by atoms with Crippen molar-refractivity contribution in [3.63, 3.8) is 0 Å². The van der Waals surface area contributed by atoms with E-state index in [4.69, 9.17) is 0 Å². The Morgan fingerprint density at radius 3 is 1.05 bits per heavy atom. The van der Waals surface area contributed by atoms with Gasteiger partial charge in [-0.3, -0.25) is 4.79 Å². The summed E-state index contributed by atoms with van der Waals surface area (Å²) in [6.07, 6.45) is 69.0. The molecule has 0 aromatic rings. The van der Waals surface area contributed by atoms with Crippen molar-refractivity contribution >= 4 is 5.91 Å². The van der Waals surface area contributed by atoms with Crippen LogP contribution in [0.1, 0.15) is 296 Å². The zero-order chi connectivity index (χ0) is 48.1. The fourth-order valence-corrected chi connectivity index (χ4v) is 8.92. The summed E-state index contributed by atoms with van der Waals surface area (Å²) in [7, 11) is 0. The van der Waals surface area contributed by atoms with Crippen LogP contribution in [0.3, 0.4) is 0 Å². The van der Waals surface area contributed by atoms with Crippen molar-refractivity contribution in [3.8, 4) is 0 Å². The SMILES string of the molecule is CCCCCCCCCCC/C=C\C/C=C\CCCCCCCCCCCCCCCCC(O)C(=O)NC(CO)C(O)C(O)CCC/C=C/CC/C=C/CCCCCCCCCCCCC. The van der Waals surface area contributed by atoms with E-state index in [-0.39, 0.29) is 0 Å². The monoisotopic (exact) mass is 928 g/mol. The Labute approximate surface area is 410 Å². The molecule has 6 nitrogen and oxygen atoms in total. The van der Waals surface area contributed by atoms with E-state index in [2.05, 4.69) is 67.8 Å². The zero-order valence-corrected chi connectivity index (χ0v) is 43.9. The van der Waals surface area contributed by atoms with Gasteiger partial charge in [0.2, 0.25) is 5.91 Å². The third-order valence-corrected chi connectivity index (χ3v) is 13.5. The van der Waals surface area contributed by atoms with E-state index in [1.807, 2.05) is 0 Å². The van der Waals surface area contributed by atoms with Gasteiger partial charge >= 0.3 is 0 Å². The van der Waals surface area contributed by atoms with Gasteiger partial charge in [0.15, 0.2) is 0 Å². The highest BCUT2D eigenvalue weighted by Gasteiger charge is 2.28. The number of hydrogen-bond donors (Lipinski definition) is 5. The van der Waals surface area contributed by atoms with Gasteiger partial charge < -0.3 is 25.7 Å². The Hall–Kier alpha value is -1.73. The van der Waals surface area contributed by atoms with Crippen LogP contribution in [0.15, 0.2) is 48.6 Å². The molecule has 0 fully saturated rings. The van der Waals surface area contributed by atoms with Crippen molar-refractivity contribution < 1.29 is 25.2 Å². The van der Waals surface area contributed by atoms with Gasteiger partial charge in [0, 0.05) is 0 Å². The maximum Gasteiger partial charge on any atom is 0.249 e. The van der Waals surface area contributed by atoms with E-state index in [1.165, 1.54) is 218 Å². The van der Waals surface area contributed by atoms with Gasteiger partial charge in [-0.05, 0) is 83.5 Å². The average molecular weight is 929 g/mol. The van der Waals surface area contributed by atoms with Gasteiger partial charge in [-0.1, -0.05) is 262 Å². The first-order chi connectivity index (χ1) is 32.5. The highest BCUT2D eigenvalue weighted by Crippen LogP contribution is 2.17. The van der Waals surface area contributed by atoms with Crippen molar-refractivity contribution in [1.82, 2.24) is 5.32 Å². The van der Waals surface area contributed by atoms with Crippen LogP contribution in [0, 0.1) is 0 Å². The topological polar surface area (TPSA) is 110 Å². The Morgan fingerprint density at radius 1 is 0.379 bits per heavy atom. The molecule has 0 saturated heterocycles. The predicted molar refractivity (Wildman–Crippen MR) is 288 cm³/mol. The molecule has 0 aromatic heterocycles. The molecule has 5 N–H and O–H groups in total. The third-order valence-electron chi connectivity index (χ3n) is 13.5. The molecular formula is C60H113NO5. The Bertz CT molecular complexity index is 1090. The number of nitrogens with one attached hydrogen (secondary N) is 1. The van der Waals surface area contributed by atoms with Crippen LogP contribution in [0.2, 0.25) is 0 Å². The van der Waals surface area contributed by atoms with Crippen LogP contribution in [0.4, 0.5) is 0 Å². The minimum Gasteiger partial charge on any atom is -0.394 e.